The Balaban J connectivity index is 3.56. The van der Waals surface area contributed by atoms with Crippen molar-refractivity contribution >= 4 is 5.69 Å². The van der Waals surface area contributed by atoms with Crippen molar-refractivity contribution in [3.8, 4) is 0 Å². The second-order valence-corrected chi connectivity index (χ2v) is 2.61. The van der Waals surface area contributed by atoms with E-state index in [1.807, 2.05) is 0 Å². The van der Waals surface area contributed by atoms with E-state index in [2.05, 4.69) is 0 Å². The van der Waals surface area contributed by atoms with Crippen molar-refractivity contribution in [3.05, 3.63) is 38.9 Å². The number of nitro groups is 1. The van der Waals surface area contributed by atoms with E-state index in [0.717, 1.165) is 0 Å². The van der Waals surface area contributed by atoms with Crippen molar-refractivity contribution in [3.63, 3.8) is 0 Å². The molecule has 0 spiro atoms. The summed E-state index contributed by atoms with van der Waals surface area (Å²) in [5, 5.41) is 10.4. The molecule has 1 rings (SSSR count). The van der Waals surface area contributed by atoms with E-state index in [9.17, 15) is 18.9 Å². The average molecular weight is 186 g/mol. The van der Waals surface area contributed by atoms with Crippen molar-refractivity contribution in [1.82, 2.24) is 0 Å². The highest BCUT2D eigenvalue weighted by Crippen LogP contribution is 2.26. The number of nitrogens with zero attached hydrogens (tertiary/aromatic N) is 1. The summed E-state index contributed by atoms with van der Waals surface area (Å²) in [5.74, 6) is -2.04. The molecule has 0 aliphatic heterocycles. The van der Waals surface area contributed by atoms with E-state index >= 15 is 0 Å². The van der Waals surface area contributed by atoms with Crippen LogP contribution in [0.2, 0.25) is 0 Å². The van der Waals surface area contributed by atoms with Crippen LogP contribution in [0.25, 0.3) is 0 Å². The Labute approximate surface area is 73.1 Å². The maximum Gasteiger partial charge on any atom is 0.281 e. The predicted molar refractivity (Wildman–Crippen MR) is 41.3 cm³/mol. The Hall–Kier alpha value is -1.52. The smallest absolute Gasteiger partial charge is 0.258 e. The van der Waals surface area contributed by atoms with Gasteiger partial charge in [0.2, 0.25) is 0 Å². The van der Waals surface area contributed by atoms with Gasteiger partial charge in [-0.1, -0.05) is 0 Å². The Morgan fingerprint density at radius 3 is 1.92 bits per heavy atom. The van der Waals surface area contributed by atoms with Gasteiger partial charge in [-0.05, 0) is 13.8 Å². The molecule has 0 amide bonds. The summed E-state index contributed by atoms with van der Waals surface area (Å²) in [6, 6.07) is 1.76. The zero-order valence-electron chi connectivity index (χ0n) is 7.02. The predicted octanol–water partition coefficient (Wildman–Crippen LogP) is 2.29. The summed E-state index contributed by atoms with van der Waals surface area (Å²) in [6.07, 6.45) is 0. The number of rotatable bonds is 1. The molecule has 69 valence electrons. The summed E-state index contributed by atoms with van der Waals surface area (Å²) in [6.45, 7) is 2.44. The van der Waals surface area contributed by atoms with Crippen molar-refractivity contribution in [2.75, 3.05) is 0 Å². The molecule has 0 fully saturated rings. The summed E-state index contributed by atoms with van der Waals surface area (Å²) < 4.78 is 25.6. The molecule has 13 heavy (non-hydrogen) atoms. The number of nitro benzene ring substituents is 1. The molecule has 0 saturated heterocycles. The molecule has 0 atom stereocenters. The van der Waals surface area contributed by atoms with Gasteiger partial charge in [-0.15, -0.1) is 0 Å². The molecule has 0 aliphatic rings. The van der Waals surface area contributed by atoms with Gasteiger partial charge in [0.1, 0.15) is 11.6 Å². The Morgan fingerprint density at radius 2 is 1.62 bits per heavy atom. The second-order valence-electron chi connectivity index (χ2n) is 2.61. The van der Waals surface area contributed by atoms with Crippen LogP contribution in [0.15, 0.2) is 0 Å². The maximum absolute atomic E-state index is 12.8. The molecule has 0 bridgehead atoms. The van der Waals surface area contributed by atoms with Crippen LogP contribution in [0, 0.1) is 41.7 Å². The average Bonchev–Trinajstić information content (AvgIpc) is 2.01. The van der Waals surface area contributed by atoms with Gasteiger partial charge < -0.3 is 0 Å². The molecule has 1 aromatic carbocycles. The largest absolute Gasteiger partial charge is 0.281 e. The molecule has 3 nitrogen and oxygen atoms in total. The van der Waals surface area contributed by atoms with Crippen LogP contribution in [0.1, 0.15) is 11.1 Å². The zero-order chi connectivity index (χ0) is 10.2. The third kappa shape index (κ3) is 1.49. The molecule has 0 N–H and O–H groups in total. The van der Waals surface area contributed by atoms with Crippen LogP contribution < -0.4 is 0 Å². The number of benzene rings is 1. The van der Waals surface area contributed by atoms with Crippen LogP contribution in [0.5, 0.6) is 0 Å². The third-order valence-electron chi connectivity index (χ3n) is 1.77. The lowest BCUT2D eigenvalue weighted by atomic mass is 10.1. The number of hydrogen-bond donors (Lipinski definition) is 0. The van der Waals surface area contributed by atoms with Gasteiger partial charge in [0.15, 0.2) is 0 Å². The zero-order valence-corrected chi connectivity index (χ0v) is 7.02. The van der Waals surface area contributed by atoms with Crippen LogP contribution in [-0.4, -0.2) is 4.92 Å². The molecule has 0 saturated carbocycles. The SMILES string of the molecule is Cc1c(F)[c]c(F)c(C)c1[N+](=O)[O-]. The molecule has 1 aromatic rings. The highest BCUT2D eigenvalue weighted by Gasteiger charge is 2.21. The van der Waals surface area contributed by atoms with E-state index in [0.29, 0.717) is 0 Å². The third-order valence-corrected chi connectivity index (χ3v) is 1.77. The van der Waals surface area contributed by atoms with Crippen molar-refractivity contribution < 1.29 is 13.7 Å². The van der Waals surface area contributed by atoms with Crippen LogP contribution >= 0.6 is 0 Å². The van der Waals surface area contributed by atoms with Gasteiger partial charge in [0.25, 0.3) is 5.69 Å². The van der Waals surface area contributed by atoms with E-state index in [1.54, 1.807) is 6.07 Å². The molecule has 0 unspecified atom stereocenters. The first kappa shape index (κ1) is 9.57. The normalized spacial score (nSPS) is 10.2. The van der Waals surface area contributed by atoms with Crippen LogP contribution in [0.3, 0.4) is 0 Å². The van der Waals surface area contributed by atoms with Crippen LogP contribution in [-0.2, 0) is 0 Å². The van der Waals surface area contributed by atoms with E-state index in [4.69, 9.17) is 0 Å². The van der Waals surface area contributed by atoms with Crippen molar-refractivity contribution in [2.24, 2.45) is 0 Å². The first-order chi connectivity index (χ1) is 5.95. The number of hydrogen-bond acceptors (Lipinski definition) is 2. The highest BCUT2D eigenvalue weighted by atomic mass is 19.1. The van der Waals surface area contributed by atoms with Crippen LogP contribution in [0.4, 0.5) is 14.5 Å². The molecule has 0 aliphatic carbocycles. The summed E-state index contributed by atoms with van der Waals surface area (Å²) >= 11 is 0. The molecule has 1 radical (unpaired) electrons. The fourth-order valence-electron chi connectivity index (χ4n) is 1.05. The van der Waals surface area contributed by atoms with Crippen molar-refractivity contribution in [1.29, 1.82) is 0 Å². The van der Waals surface area contributed by atoms with E-state index < -0.39 is 22.2 Å². The van der Waals surface area contributed by atoms with Gasteiger partial charge in [0, 0.05) is 0 Å². The first-order valence-electron chi connectivity index (χ1n) is 3.47. The van der Waals surface area contributed by atoms with Gasteiger partial charge >= 0.3 is 0 Å². The fraction of sp³-hybridized carbons (Fsp3) is 0.250. The Morgan fingerprint density at radius 1 is 1.23 bits per heavy atom. The molecule has 0 aromatic heterocycles. The minimum atomic E-state index is -1.02. The summed E-state index contributed by atoms with van der Waals surface area (Å²) in [5.41, 5.74) is -0.901. The quantitative estimate of drug-likeness (QED) is 0.498. The second kappa shape index (κ2) is 3.08. The Kier molecular flexibility index (Phi) is 2.27. The lowest BCUT2D eigenvalue weighted by Crippen LogP contribution is -2.00. The molecular formula is C8H6F2NO2. The van der Waals surface area contributed by atoms with Gasteiger partial charge in [0.05, 0.1) is 22.1 Å². The van der Waals surface area contributed by atoms with Gasteiger partial charge in [-0.3, -0.25) is 10.1 Å². The minimum absolute atomic E-state index is 0.191. The van der Waals surface area contributed by atoms with Gasteiger partial charge in [-0.2, -0.15) is 0 Å². The molecular weight excluding hydrogens is 180 g/mol. The first-order valence-corrected chi connectivity index (χ1v) is 3.47. The van der Waals surface area contributed by atoms with Crippen molar-refractivity contribution in [2.45, 2.75) is 13.8 Å². The highest BCUT2D eigenvalue weighted by molar-refractivity contribution is 5.47. The van der Waals surface area contributed by atoms with E-state index in [1.165, 1.54) is 13.8 Å². The monoisotopic (exact) mass is 186 g/mol. The van der Waals surface area contributed by atoms with Gasteiger partial charge in [-0.25, -0.2) is 8.78 Å². The standard InChI is InChI=1S/C8H6F2NO2/c1-4-6(9)3-7(10)5(2)8(4)11(12)13/h1-2H3. The fourth-order valence-corrected chi connectivity index (χ4v) is 1.05. The molecule has 5 heteroatoms. The van der Waals surface area contributed by atoms with E-state index in [-0.39, 0.29) is 11.1 Å². The lowest BCUT2D eigenvalue weighted by Gasteiger charge is -2.02. The minimum Gasteiger partial charge on any atom is -0.258 e. The molecule has 0 heterocycles. The lowest BCUT2D eigenvalue weighted by molar-refractivity contribution is -0.386. The topological polar surface area (TPSA) is 43.1 Å². The summed E-state index contributed by atoms with van der Waals surface area (Å²) in [4.78, 5) is 9.60. The maximum atomic E-state index is 12.8. The number of halogens is 2. The summed E-state index contributed by atoms with van der Waals surface area (Å²) in [7, 11) is 0. The Bertz CT molecular complexity index is 351.